The molecule has 0 aliphatic carbocycles. The first-order valence-corrected chi connectivity index (χ1v) is 5.80. The third kappa shape index (κ3) is 2.11. The summed E-state index contributed by atoms with van der Waals surface area (Å²) in [7, 11) is 0. The average molecular weight is 234 g/mol. The minimum Gasteiger partial charge on any atom is -0.271 e. The molecule has 1 aromatic carbocycles. The monoisotopic (exact) mass is 234 g/mol. The van der Waals surface area contributed by atoms with E-state index in [1.54, 1.807) is 6.20 Å². The van der Waals surface area contributed by atoms with Gasteiger partial charge in [-0.25, -0.2) is 5.43 Å². The van der Waals surface area contributed by atoms with E-state index in [-0.39, 0.29) is 6.04 Å². The Kier molecular flexibility index (Phi) is 3.28. The highest BCUT2D eigenvalue weighted by atomic mass is 32.1. The second kappa shape index (κ2) is 4.69. The minimum absolute atomic E-state index is 0.0272. The molecule has 0 fully saturated rings. The molecule has 84 valence electrons. The fraction of sp³-hybridized carbons (Fsp3) is 0.273. The molecule has 4 nitrogen and oxygen atoms in total. The normalized spacial score (nSPS) is 12.7. The topological polar surface area (TPSA) is 63.8 Å². The molecule has 1 aromatic heterocycles. The van der Waals surface area contributed by atoms with Gasteiger partial charge in [-0.2, -0.15) is 0 Å². The molecule has 0 radical (unpaired) electrons. The molecule has 2 aromatic rings. The molecule has 0 saturated heterocycles. The molecule has 1 atom stereocenters. The Morgan fingerprint density at radius 1 is 1.38 bits per heavy atom. The number of benzene rings is 1. The lowest BCUT2D eigenvalue weighted by atomic mass is 9.99. The minimum atomic E-state index is -0.0272. The van der Waals surface area contributed by atoms with Gasteiger partial charge in [0.25, 0.3) is 0 Å². The average Bonchev–Trinajstić information content (AvgIpc) is 2.75. The summed E-state index contributed by atoms with van der Waals surface area (Å²) < 4.78 is 3.86. The predicted molar refractivity (Wildman–Crippen MR) is 65.0 cm³/mol. The third-order valence-corrected chi connectivity index (χ3v) is 3.29. The van der Waals surface area contributed by atoms with Gasteiger partial charge in [-0.05, 0) is 36.5 Å². The molecule has 0 aliphatic rings. The highest BCUT2D eigenvalue weighted by Crippen LogP contribution is 2.26. The van der Waals surface area contributed by atoms with Gasteiger partial charge in [0.2, 0.25) is 0 Å². The van der Waals surface area contributed by atoms with Gasteiger partial charge in [-0.3, -0.25) is 5.84 Å². The van der Waals surface area contributed by atoms with E-state index in [9.17, 15) is 0 Å². The van der Waals surface area contributed by atoms with Crippen LogP contribution in [0.3, 0.4) is 0 Å². The van der Waals surface area contributed by atoms with Crippen LogP contribution >= 0.6 is 11.5 Å². The summed E-state index contributed by atoms with van der Waals surface area (Å²) in [5, 5.41) is 3.84. The molecule has 0 spiro atoms. The van der Waals surface area contributed by atoms with Gasteiger partial charge < -0.3 is 0 Å². The van der Waals surface area contributed by atoms with Crippen LogP contribution in [0.1, 0.15) is 27.6 Å². The zero-order valence-corrected chi connectivity index (χ0v) is 10.1. The standard InChI is InChI=1S/C11H14N4S/c1-7-3-4-9(8(2)5-7)11(14-12)10-6-13-15-16-10/h3-6,11,14H,12H2,1-2H3. The summed E-state index contributed by atoms with van der Waals surface area (Å²) >= 11 is 1.36. The number of hydrogen-bond donors (Lipinski definition) is 2. The molecule has 5 heteroatoms. The van der Waals surface area contributed by atoms with Crippen molar-refractivity contribution < 1.29 is 0 Å². The van der Waals surface area contributed by atoms with E-state index in [2.05, 4.69) is 47.1 Å². The number of nitrogens with zero attached hydrogens (tertiary/aromatic N) is 2. The number of hydrogen-bond acceptors (Lipinski definition) is 5. The van der Waals surface area contributed by atoms with Crippen molar-refractivity contribution in [2.75, 3.05) is 0 Å². The van der Waals surface area contributed by atoms with Gasteiger partial charge >= 0.3 is 0 Å². The van der Waals surface area contributed by atoms with Crippen molar-refractivity contribution in [3.8, 4) is 0 Å². The Hall–Kier alpha value is -1.30. The van der Waals surface area contributed by atoms with E-state index in [1.807, 2.05) is 0 Å². The third-order valence-electron chi connectivity index (χ3n) is 2.57. The number of aromatic nitrogens is 2. The van der Waals surface area contributed by atoms with Crippen LogP contribution in [0.25, 0.3) is 0 Å². The van der Waals surface area contributed by atoms with Crippen molar-refractivity contribution in [2.45, 2.75) is 19.9 Å². The summed E-state index contributed by atoms with van der Waals surface area (Å²) in [5.74, 6) is 5.60. The van der Waals surface area contributed by atoms with Crippen LogP contribution in [-0.4, -0.2) is 9.59 Å². The smallest absolute Gasteiger partial charge is 0.0837 e. The summed E-state index contributed by atoms with van der Waals surface area (Å²) in [5.41, 5.74) is 6.45. The van der Waals surface area contributed by atoms with Crippen LogP contribution in [-0.2, 0) is 0 Å². The Labute approximate surface area is 98.6 Å². The van der Waals surface area contributed by atoms with Crippen LogP contribution in [0, 0.1) is 13.8 Å². The highest BCUT2D eigenvalue weighted by molar-refractivity contribution is 7.05. The van der Waals surface area contributed by atoms with E-state index in [1.165, 1.54) is 28.2 Å². The van der Waals surface area contributed by atoms with Gasteiger partial charge in [-0.1, -0.05) is 28.3 Å². The van der Waals surface area contributed by atoms with E-state index >= 15 is 0 Å². The molecular weight excluding hydrogens is 220 g/mol. The molecule has 1 unspecified atom stereocenters. The van der Waals surface area contributed by atoms with Crippen LogP contribution in [0.15, 0.2) is 24.4 Å². The molecule has 0 aliphatic heterocycles. The zero-order chi connectivity index (χ0) is 11.5. The molecule has 3 N–H and O–H groups in total. The fourth-order valence-electron chi connectivity index (χ4n) is 1.78. The molecular formula is C11H14N4S. The zero-order valence-electron chi connectivity index (χ0n) is 9.27. The molecule has 16 heavy (non-hydrogen) atoms. The molecule has 2 rings (SSSR count). The Morgan fingerprint density at radius 3 is 2.75 bits per heavy atom. The number of aryl methyl sites for hydroxylation is 2. The lowest BCUT2D eigenvalue weighted by Crippen LogP contribution is -2.28. The largest absolute Gasteiger partial charge is 0.271 e. The maximum Gasteiger partial charge on any atom is 0.0837 e. The fourth-order valence-corrected chi connectivity index (χ4v) is 2.36. The van der Waals surface area contributed by atoms with E-state index < -0.39 is 0 Å². The summed E-state index contributed by atoms with van der Waals surface area (Å²) in [6, 6.07) is 6.30. The van der Waals surface area contributed by atoms with Crippen LogP contribution in [0.2, 0.25) is 0 Å². The lowest BCUT2D eigenvalue weighted by Gasteiger charge is -2.16. The quantitative estimate of drug-likeness (QED) is 0.627. The van der Waals surface area contributed by atoms with E-state index in [0.717, 1.165) is 4.88 Å². The van der Waals surface area contributed by atoms with Crippen molar-refractivity contribution >= 4 is 11.5 Å². The van der Waals surface area contributed by atoms with Gasteiger partial charge in [0.15, 0.2) is 0 Å². The molecule has 0 saturated carbocycles. The maximum atomic E-state index is 5.60. The highest BCUT2D eigenvalue weighted by Gasteiger charge is 2.16. The van der Waals surface area contributed by atoms with Gasteiger partial charge in [0.1, 0.15) is 0 Å². The number of rotatable bonds is 3. The van der Waals surface area contributed by atoms with Crippen molar-refractivity contribution in [1.82, 2.24) is 15.0 Å². The predicted octanol–water partition coefficient (Wildman–Crippen LogP) is 1.71. The first-order chi connectivity index (χ1) is 7.72. The van der Waals surface area contributed by atoms with E-state index in [4.69, 9.17) is 5.84 Å². The van der Waals surface area contributed by atoms with E-state index in [0.29, 0.717) is 0 Å². The molecule has 0 bridgehead atoms. The molecule has 0 amide bonds. The Balaban J connectivity index is 2.41. The number of nitrogens with two attached hydrogens (primary N) is 1. The Bertz CT molecular complexity index is 467. The molecule has 1 heterocycles. The maximum absolute atomic E-state index is 5.60. The van der Waals surface area contributed by atoms with Crippen molar-refractivity contribution in [3.63, 3.8) is 0 Å². The van der Waals surface area contributed by atoms with Gasteiger partial charge in [0, 0.05) is 0 Å². The van der Waals surface area contributed by atoms with Gasteiger partial charge in [0.05, 0.1) is 17.1 Å². The Morgan fingerprint density at radius 2 is 2.19 bits per heavy atom. The van der Waals surface area contributed by atoms with Crippen LogP contribution < -0.4 is 11.3 Å². The van der Waals surface area contributed by atoms with Crippen molar-refractivity contribution in [1.29, 1.82) is 0 Å². The first kappa shape index (κ1) is 11.2. The van der Waals surface area contributed by atoms with Crippen LogP contribution in [0.5, 0.6) is 0 Å². The van der Waals surface area contributed by atoms with Crippen LogP contribution in [0.4, 0.5) is 0 Å². The van der Waals surface area contributed by atoms with Crippen molar-refractivity contribution in [2.24, 2.45) is 5.84 Å². The number of nitrogens with one attached hydrogen (secondary N) is 1. The first-order valence-electron chi connectivity index (χ1n) is 5.03. The summed E-state index contributed by atoms with van der Waals surface area (Å²) in [6.07, 6.45) is 1.74. The second-order valence-electron chi connectivity index (χ2n) is 3.78. The van der Waals surface area contributed by atoms with Gasteiger partial charge in [-0.15, -0.1) is 5.10 Å². The second-order valence-corrected chi connectivity index (χ2v) is 4.60. The summed E-state index contributed by atoms with van der Waals surface area (Å²) in [4.78, 5) is 1.02. The number of hydrazine groups is 1. The SMILES string of the molecule is Cc1ccc(C(NN)c2cnns2)c(C)c1. The summed E-state index contributed by atoms with van der Waals surface area (Å²) in [6.45, 7) is 4.16. The van der Waals surface area contributed by atoms with Crippen molar-refractivity contribution in [3.05, 3.63) is 46.0 Å². The lowest BCUT2D eigenvalue weighted by molar-refractivity contribution is 0.642.